The van der Waals surface area contributed by atoms with Gasteiger partial charge in [0.15, 0.2) is 18.4 Å². The summed E-state index contributed by atoms with van der Waals surface area (Å²) in [5.74, 6) is -0.399. The van der Waals surface area contributed by atoms with Crippen molar-refractivity contribution in [3.05, 3.63) is 28.8 Å². The van der Waals surface area contributed by atoms with Gasteiger partial charge in [0.2, 0.25) is 5.90 Å². The Balaban J connectivity index is 1.83. The largest absolute Gasteiger partial charge is 0.497 e. The number of ether oxygens (including phenoxy) is 5. The first-order valence-electron chi connectivity index (χ1n) is 8.52. The zero-order valence-electron chi connectivity index (χ0n) is 15.5. The molecule has 2 heterocycles. The fourth-order valence-corrected chi connectivity index (χ4v) is 3.27. The summed E-state index contributed by atoms with van der Waals surface area (Å²) in [6, 6.07) is 4.97. The molecular weight excluding hydrogens is 394 g/mol. The van der Waals surface area contributed by atoms with Gasteiger partial charge in [-0.3, -0.25) is 9.59 Å². The minimum absolute atomic E-state index is 0.177. The molecule has 1 saturated heterocycles. The fraction of sp³-hybridized carbons (Fsp3) is 0.500. The average Bonchev–Trinajstić information content (AvgIpc) is 3.06. The number of hydrogen-bond acceptors (Lipinski definition) is 9. The summed E-state index contributed by atoms with van der Waals surface area (Å²) >= 11 is 6.26. The molecule has 3 rings (SSSR count). The molecule has 1 aromatic rings. The molecule has 2 aliphatic rings. The summed E-state index contributed by atoms with van der Waals surface area (Å²) in [5.41, 5.74) is 0.494. The van der Waals surface area contributed by atoms with Crippen molar-refractivity contribution in [3.8, 4) is 5.75 Å². The molecule has 0 aromatic heterocycles. The van der Waals surface area contributed by atoms with Crippen LogP contribution in [-0.2, 0) is 28.5 Å². The van der Waals surface area contributed by atoms with Gasteiger partial charge in [0.05, 0.1) is 17.7 Å². The van der Waals surface area contributed by atoms with Crippen molar-refractivity contribution in [3.63, 3.8) is 0 Å². The van der Waals surface area contributed by atoms with Crippen LogP contribution in [-0.4, -0.2) is 67.3 Å². The van der Waals surface area contributed by atoms with E-state index in [2.05, 4.69) is 4.99 Å². The topological polar surface area (TPSA) is 113 Å². The Kier molecular flexibility index (Phi) is 6.07. The summed E-state index contributed by atoms with van der Waals surface area (Å²) in [6.07, 6.45) is -5.02. The number of methoxy groups -OCH3 is 1. The molecule has 9 nitrogen and oxygen atoms in total. The predicted octanol–water partition coefficient (Wildman–Crippen LogP) is 1.07. The second-order valence-corrected chi connectivity index (χ2v) is 6.70. The van der Waals surface area contributed by atoms with Crippen LogP contribution in [0.15, 0.2) is 23.2 Å². The Morgan fingerprint density at radius 1 is 1.29 bits per heavy atom. The quantitative estimate of drug-likeness (QED) is 0.713. The second kappa shape index (κ2) is 8.34. The molecule has 1 fully saturated rings. The lowest BCUT2D eigenvalue weighted by molar-refractivity contribution is -0.228. The van der Waals surface area contributed by atoms with Crippen LogP contribution >= 0.6 is 11.6 Å². The SMILES string of the molecule is COc1ccc(C2=N[C@H]3O[C@H](COC(C)=O)[C@@H](OC(C)=O)[C@H](O)[C@H]3O2)c(Cl)c1. The van der Waals surface area contributed by atoms with Crippen LogP contribution in [0.5, 0.6) is 5.75 Å². The van der Waals surface area contributed by atoms with Crippen LogP contribution in [0.25, 0.3) is 0 Å². The number of aliphatic imine (C=N–C) groups is 1. The van der Waals surface area contributed by atoms with Crippen LogP contribution in [0.1, 0.15) is 19.4 Å². The average molecular weight is 414 g/mol. The van der Waals surface area contributed by atoms with Crippen LogP contribution in [0.4, 0.5) is 0 Å². The Morgan fingerprint density at radius 2 is 2.04 bits per heavy atom. The summed E-state index contributed by atoms with van der Waals surface area (Å²) in [7, 11) is 1.52. The molecule has 0 bridgehead atoms. The fourth-order valence-electron chi connectivity index (χ4n) is 3.02. The molecule has 1 aromatic carbocycles. The van der Waals surface area contributed by atoms with Crippen molar-refractivity contribution in [2.75, 3.05) is 13.7 Å². The molecule has 10 heteroatoms. The van der Waals surface area contributed by atoms with E-state index >= 15 is 0 Å². The number of esters is 2. The van der Waals surface area contributed by atoms with Gasteiger partial charge >= 0.3 is 11.9 Å². The van der Waals surface area contributed by atoms with Crippen molar-refractivity contribution in [1.82, 2.24) is 0 Å². The number of carbonyl (C=O) groups is 2. The van der Waals surface area contributed by atoms with Crippen LogP contribution in [0, 0.1) is 0 Å². The van der Waals surface area contributed by atoms with E-state index in [-0.39, 0.29) is 12.5 Å². The highest BCUT2D eigenvalue weighted by atomic mass is 35.5. The molecule has 0 spiro atoms. The van der Waals surface area contributed by atoms with E-state index in [1.807, 2.05) is 0 Å². The Labute approximate surface area is 166 Å². The number of fused-ring (bicyclic) bond motifs is 1. The third-order valence-electron chi connectivity index (χ3n) is 4.29. The van der Waals surface area contributed by atoms with Crippen LogP contribution < -0.4 is 4.74 Å². The number of aliphatic hydroxyl groups excluding tert-OH is 1. The van der Waals surface area contributed by atoms with E-state index in [4.69, 9.17) is 35.3 Å². The van der Waals surface area contributed by atoms with E-state index in [1.165, 1.54) is 21.0 Å². The van der Waals surface area contributed by atoms with E-state index < -0.39 is 42.6 Å². The van der Waals surface area contributed by atoms with Crippen molar-refractivity contribution < 1.29 is 38.4 Å². The van der Waals surface area contributed by atoms with E-state index in [0.29, 0.717) is 16.3 Å². The first kappa shape index (κ1) is 20.4. The number of nitrogens with zero attached hydrogens (tertiary/aromatic N) is 1. The molecule has 2 aliphatic heterocycles. The highest BCUT2D eigenvalue weighted by molar-refractivity contribution is 6.34. The van der Waals surface area contributed by atoms with Crippen molar-refractivity contribution >= 4 is 29.4 Å². The van der Waals surface area contributed by atoms with Gasteiger partial charge in [-0.05, 0) is 18.2 Å². The summed E-state index contributed by atoms with van der Waals surface area (Å²) in [6.45, 7) is 2.24. The van der Waals surface area contributed by atoms with Gasteiger partial charge in [-0.15, -0.1) is 0 Å². The third-order valence-corrected chi connectivity index (χ3v) is 4.60. The zero-order valence-corrected chi connectivity index (χ0v) is 16.2. The maximum atomic E-state index is 11.4. The number of hydrogen-bond donors (Lipinski definition) is 1. The minimum Gasteiger partial charge on any atom is -0.497 e. The normalized spacial score (nSPS) is 28.6. The molecule has 0 aliphatic carbocycles. The standard InChI is InChI=1S/C18H20ClNO8/c1-8(21)25-7-13-15(26-9(2)22)14(23)16-18(27-13)20-17(28-16)11-5-4-10(24-3)6-12(11)19/h4-6,13-16,18,23H,7H2,1-3H3/t13-,14+,15-,16-,18+/m1/s1. The Hall–Kier alpha value is -2.36. The molecule has 0 radical (unpaired) electrons. The van der Waals surface area contributed by atoms with E-state index in [9.17, 15) is 14.7 Å². The smallest absolute Gasteiger partial charge is 0.303 e. The molecular formula is C18H20ClNO8. The van der Waals surface area contributed by atoms with Gasteiger partial charge in [0, 0.05) is 13.8 Å². The molecule has 28 heavy (non-hydrogen) atoms. The summed E-state index contributed by atoms with van der Waals surface area (Å²) in [5, 5.41) is 11.0. The Morgan fingerprint density at radius 3 is 2.64 bits per heavy atom. The van der Waals surface area contributed by atoms with Gasteiger partial charge in [-0.2, -0.15) is 0 Å². The highest BCUT2D eigenvalue weighted by Gasteiger charge is 2.52. The van der Waals surface area contributed by atoms with E-state index in [0.717, 1.165) is 0 Å². The Bertz CT molecular complexity index is 798. The number of aliphatic hydroxyl groups is 1. The monoisotopic (exact) mass is 413 g/mol. The molecule has 0 amide bonds. The molecule has 5 atom stereocenters. The molecule has 152 valence electrons. The van der Waals surface area contributed by atoms with Crippen LogP contribution in [0.2, 0.25) is 5.02 Å². The lowest BCUT2D eigenvalue weighted by atomic mass is 9.98. The van der Waals surface area contributed by atoms with Gasteiger partial charge in [0.25, 0.3) is 0 Å². The first-order valence-corrected chi connectivity index (χ1v) is 8.90. The lowest BCUT2D eigenvalue weighted by Crippen LogP contribution is -2.59. The number of benzene rings is 1. The lowest BCUT2D eigenvalue weighted by Gasteiger charge is -2.39. The zero-order chi connectivity index (χ0) is 20.4. The predicted molar refractivity (Wildman–Crippen MR) is 96.3 cm³/mol. The second-order valence-electron chi connectivity index (χ2n) is 6.29. The van der Waals surface area contributed by atoms with Crippen molar-refractivity contribution in [1.29, 1.82) is 0 Å². The maximum absolute atomic E-state index is 11.4. The first-order chi connectivity index (χ1) is 13.3. The van der Waals surface area contributed by atoms with Gasteiger partial charge < -0.3 is 28.8 Å². The number of carbonyl (C=O) groups excluding carboxylic acids is 2. The minimum atomic E-state index is -1.25. The van der Waals surface area contributed by atoms with Gasteiger partial charge in [-0.25, -0.2) is 4.99 Å². The summed E-state index contributed by atoms with van der Waals surface area (Å²) in [4.78, 5) is 26.9. The van der Waals surface area contributed by atoms with Gasteiger partial charge in [-0.1, -0.05) is 11.6 Å². The number of halogens is 1. The third kappa shape index (κ3) is 4.21. The van der Waals surface area contributed by atoms with Crippen LogP contribution in [0.3, 0.4) is 0 Å². The van der Waals surface area contributed by atoms with Crippen molar-refractivity contribution in [2.24, 2.45) is 4.99 Å². The molecule has 1 N–H and O–H groups in total. The van der Waals surface area contributed by atoms with E-state index in [1.54, 1.807) is 18.2 Å². The summed E-state index contributed by atoms with van der Waals surface area (Å²) < 4.78 is 26.8. The molecule has 0 saturated carbocycles. The maximum Gasteiger partial charge on any atom is 0.303 e. The van der Waals surface area contributed by atoms with Gasteiger partial charge in [0.1, 0.15) is 24.6 Å². The number of rotatable bonds is 5. The highest BCUT2D eigenvalue weighted by Crippen LogP contribution is 2.34. The van der Waals surface area contributed by atoms with Crippen molar-refractivity contribution in [2.45, 2.75) is 44.5 Å². The molecule has 0 unspecified atom stereocenters.